The number of aryl methyl sites for hydroxylation is 1. The molecule has 2 aromatic rings. The highest BCUT2D eigenvalue weighted by Gasteiger charge is 2.20. The number of hydrogen-bond donors (Lipinski definition) is 2. The van der Waals surface area contributed by atoms with Crippen LogP contribution in [-0.4, -0.2) is 34.3 Å². The Bertz CT molecular complexity index is 609. The van der Waals surface area contributed by atoms with Crippen LogP contribution in [0.3, 0.4) is 0 Å². The van der Waals surface area contributed by atoms with Crippen molar-refractivity contribution in [2.75, 3.05) is 18.0 Å². The highest BCUT2D eigenvalue weighted by Crippen LogP contribution is 2.27. The molecule has 0 amide bonds. The van der Waals surface area contributed by atoms with E-state index in [-0.39, 0.29) is 6.04 Å². The minimum atomic E-state index is 0.219. The van der Waals surface area contributed by atoms with Crippen LogP contribution in [0.1, 0.15) is 18.4 Å². The lowest BCUT2D eigenvalue weighted by molar-refractivity contribution is 0.500. The van der Waals surface area contributed by atoms with Gasteiger partial charge in [-0.15, -0.1) is 5.10 Å². The van der Waals surface area contributed by atoms with E-state index in [2.05, 4.69) is 55.1 Å². The van der Waals surface area contributed by atoms with Gasteiger partial charge >= 0.3 is 0 Å². The third-order valence-electron chi connectivity index (χ3n) is 3.59. The summed E-state index contributed by atoms with van der Waals surface area (Å²) in [5, 5.41) is 7.35. The number of benzene rings is 1. The number of nitrogens with one attached hydrogen (secondary N) is 1. The number of aromatic amines is 1. The van der Waals surface area contributed by atoms with E-state index < -0.39 is 0 Å². The van der Waals surface area contributed by atoms with Gasteiger partial charge in [-0.05, 0) is 37.5 Å². The summed E-state index contributed by atoms with van der Waals surface area (Å²) in [5.41, 5.74) is 8.24. The number of nitrogens with two attached hydrogens (primary N) is 1. The third-order valence-corrected chi connectivity index (χ3v) is 4.25. The van der Waals surface area contributed by atoms with E-state index >= 15 is 0 Å². The minimum Gasteiger partial charge on any atom is -0.338 e. The first-order valence-corrected chi connectivity index (χ1v) is 7.62. The molecule has 1 atom stereocenters. The lowest BCUT2D eigenvalue weighted by Crippen LogP contribution is -2.43. The molecule has 5 nitrogen and oxygen atoms in total. The largest absolute Gasteiger partial charge is 0.338 e. The van der Waals surface area contributed by atoms with E-state index in [0.29, 0.717) is 0 Å². The van der Waals surface area contributed by atoms with Crippen molar-refractivity contribution in [3.8, 4) is 11.4 Å². The molecule has 3 N–H and O–H groups in total. The maximum Gasteiger partial charge on any atom is 0.245 e. The van der Waals surface area contributed by atoms with E-state index in [1.54, 1.807) is 0 Å². The van der Waals surface area contributed by atoms with Crippen LogP contribution >= 0.6 is 15.9 Å². The van der Waals surface area contributed by atoms with Crippen molar-refractivity contribution < 1.29 is 0 Å². The first kappa shape index (κ1) is 13.6. The molecule has 0 saturated carbocycles. The Morgan fingerprint density at radius 1 is 1.45 bits per heavy atom. The van der Waals surface area contributed by atoms with Gasteiger partial charge in [0.25, 0.3) is 0 Å². The number of aromatic nitrogens is 3. The van der Waals surface area contributed by atoms with Crippen LogP contribution in [0.5, 0.6) is 0 Å². The molecule has 1 aliphatic rings. The summed E-state index contributed by atoms with van der Waals surface area (Å²) in [4.78, 5) is 6.75. The Kier molecular flexibility index (Phi) is 3.76. The van der Waals surface area contributed by atoms with Crippen molar-refractivity contribution in [2.24, 2.45) is 5.73 Å². The normalized spacial score (nSPS) is 19.4. The number of piperidine rings is 1. The predicted molar refractivity (Wildman–Crippen MR) is 83.7 cm³/mol. The maximum absolute atomic E-state index is 6.01. The van der Waals surface area contributed by atoms with E-state index in [0.717, 1.165) is 47.7 Å². The Hall–Kier alpha value is -1.40. The monoisotopic (exact) mass is 335 g/mol. The summed E-state index contributed by atoms with van der Waals surface area (Å²) in [7, 11) is 0. The molecule has 1 aromatic heterocycles. The van der Waals surface area contributed by atoms with Crippen LogP contribution in [0.15, 0.2) is 22.7 Å². The molecular formula is C14H18BrN5. The number of rotatable bonds is 2. The minimum absolute atomic E-state index is 0.219. The average Bonchev–Trinajstić information content (AvgIpc) is 2.88. The fourth-order valence-corrected chi connectivity index (χ4v) is 3.20. The molecule has 1 fully saturated rings. The number of anilines is 1. The van der Waals surface area contributed by atoms with Crippen LogP contribution in [0, 0.1) is 6.92 Å². The second-order valence-electron chi connectivity index (χ2n) is 5.32. The summed E-state index contributed by atoms with van der Waals surface area (Å²) in [6.07, 6.45) is 2.18. The molecule has 1 aromatic carbocycles. The number of nitrogens with zero attached hydrogens (tertiary/aromatic N) is 3. The molecule has 106 valence electrons. The molecule has 0 spiro atoms. The highest BCUT2D eigenvalue weighted by molar-refractivity contribution is 9.10. The molecule has 0 radical (unpaired) electrons. The van der Waals surface area contributed by atoms with Gasteiger partial charge in [-0.2, -0.15) is 4.98 Å². The van der Waals surface area contributed by atoms with Gasteiger partial charge < -0.3 is 10.6 Å². The van der Waals surface area contributed by atoms with Crippen LogP contribution in [0.2, 0.25) is 0 Å². The van der Waals surface area contributed by atoms with Gasteiger partial charge in [0, 0.05) is 29.2 Å². The number of H-pyrrole nitrogens is 1. The topological polar surface area (TPSA) is 70.8 Å². The Morgan fingerprint density at radius 3 is 3.05 bits per heavy atom. The zero-order valence-corrected chi connectivity index (χ0v) is 13.0. The number of halogens is 1. The van der Waals surface area contributed by atoms with E-state index in [9.17, 15) is 0 Å². The van der Waals surface area contributed by atoms with E-state index in [1.165, 1.54) is 5.56 Å². The molecule has 1 aliphatic heterocycles. The first-order chi connectivity index (χ1) is 9.63. The fraction of sp³-hybridized carbons (Fsp3) is 0.429. The lowest BCUT2D eigenvalue weighted by atomic mass is 10.1. The molecule has 3 rings (SSSR count). The number of hydrogen-bond acceptors (Lipinski definition) is 4. The van der Waals surface area contributed by atoms with Gasteiger partial charge in [-0.25, -0.2) is 0 Å². The molecule has 2 heterocycles. The summed E-state index contributed by atoms with van der Waals surface area (Å²) >= 11 is 3.58. The lowest BCUT2D eigenvalue weighted by Gasteiger charge is -2.29. The van der Waals surface area contributed by atoms with Gasteiger partial charge in [-0.3, -0.25) is 5.10 Å². The van der Waals surface area contributed by atoms with Crippen molar-refractivity contribution >= 4 is 21.9 Å². The van der Waals surface area contributed by atoms with Gasteiger partial charge in [0.1, 0.15) is 0 Å². The molecule has 20 heavy (non-hydrogen) atoms. The van der Waals surface area contributed by atoms with Crippen LogP contribution in [0.4, 0.5) is 5.95 Å². The van der Waals surface area contributed by atoms with E-state index in [1.807, 2.05) is 6.07 Å². The maximum atomic E-state index is 6.01. The van der Waals surface area contributed by atoms with Gasteiger partial charge in [-0.1, -0.05) is 22.0 Å². The zero-order valence-electron chi connectivity index (χ0n) is 11.4. The van der Waals surface area contributed by atoms with Crippen molar-refractivity contribution in [1.29, 1.82) is 0 Å². The summed E-state index contributed by atoms with van der Waals surface area (Å²) in [5.74, 6) is 1.52. The van der Waals surface area contributed by atoms with Gasteiger partial charge in [0.15, 0.2) is 5.82 Å². The molecule has 0 aliphatic carbocycles. The second kappa shape index (κ2) is 5.54. The molecule has 0 bridgehead atoms. The first-order valence-electron chi connectivity index (χ1n) is 6.83. The molecule has 6 heteroatoms. The van der Waals surface area contributed by atoms with Crippen molar-refractivity contribution in [2.45, 2.75) is 25.8 Å². The average molecular weight is 336 g/mol. The third kappa shape index (κ3) is 2.71. The highest BCUT2D eigenvalue weighted by atomic mass is 79.9. The predicted octanol–water partition coefficient (Wildman–Crippen LogP) is 2.47. The molecule has 1 unspecified atom stereocenters. The quantitative estimate of drug-likeness (QED) is 0.884. The van der Waals surface area contributed by atoms with Crippen LogP contribution in [0.25, 0.3) is 11.4 Å². The van der Waals surface area contributed by atoms with Gasteiger partial charge in [0.2, 0.25) is 5.95 Å². The summed E-state index contributed by atoms with van der Waals surface area (Å²) in [6.45, 7) is 3.86. The second-order valence-corrected chi connectivity index (χ2v) is 6.17. The Morgan fingerprint density at radius 2 is 2.30 bits per heavy atom. The van der Waals surface area contributed by atoms with Crippen LogP contribution in [-0.2, 0) is 0 Å². The van der Waals surface area contributed by atoms with Crippen LogP contribution < -0.4 is 10.6 Å². The van der Waals surface area contributed by atoms with E-state index in [4.69, 9.17) is 5.73 Å². The van der Waals surface area contributed by atoms with Crippen molar-refractivity contribution in [3.63, 3.8) is 0 Å². The summed E-state index contributed by atoms with van der Waals surface area (Å²) < 4.78 is 1.02. The fourth-order valence-electron chi connectivity index (χ4n) is 2.52. The Labute approximate surface area is 126 Å². The van der Waals surface area contributed by atoms with Crippen molar-refractivity contribution in [3.05, 3.63) is 28.2 Å². The zero-order chi connectivity index (χ0) is 14.1. The molecule has 1 saturated heterocycles. The van der Waals surface area contributed by atoms with Crippen molar-refractivity contribution in [1.82, 2.24) is 15.2 Å². The SMILES string of the molecule is Cc1ccc(-c2nc(N3CCCC(N)C3)n[nH]2)c(Br)c1. The molecular weight excluding hydrogens is 318 g/mol. The smallest absolute Gasteiger partial charge is 0.245 e. The summed E-state index contributed by atoms with van der Waals surface area (Å²) in [6, 6.07) is 6.41. The van der Waals surface area contributed by atoms with Gasteiger partial charge in [0.05, 0.1) is 0 Å². The Balaban J connectivity index is 1.86. The standard InChI is InChI=1S/C14H18BrN5/c1-9-4-5-11(12(15)7-9)13-17-14(19-18-13)20-6-2-3-10(16)8-20/h4-5,7,10H,2-3,6,8,16H2,1H3,(H,17,18,19).